The van der Waals surface area contributed by atoms with Crippen LogP contribution >= 0.6 is 0 Å². The molecule has 0 radical (unpaired) electrons. The summed E-state index contributed by atoms with van der Waals surface area (Å²) in [4.78, 5) is 63.7. The number of hydrogen-bond acceptors (Lipinski definition) is 10. The molecular formula is C40H45NO11. The van der Waals surface area contributed by atoms with Gasteiger partial charge in [0.2, 0.25) is 11.7 Å². The van der Waals surface area contributed by atoms with Crippen LogP contribution in [0.1, 0.15) is 88.3 Å². The maximum Gasteiger partial charge on any atom is 0.310 e. The van der Waals surface area contributed by atoms with Gasteiger partial charge in [-0.3, -0.25) is 24.0 Å². The number of rotatable bonds is 8. The average Bonchev–Trinajstić information content (AvgIpc) is 3.40. The number of Topliss-reactive ketones (excluding diaryl/α,β-unsaturated/α-hetero) is 1. The van der Waals surface area contributed by atoms with Crippen LogP contribution in [0.2, 0.25) is 0 Å². The molecule has 3 saturated carbocycles. The van der Waals surface area contributed by atoms with Crippen molar-refractivity contribution in [3.05, 3.63) is 77.0 Å². The fourth-order valence-electron chi connectivity index (χ4n) is 9.79. The lowest BCUT2D eigenvalue weighted by molar-refractivity contribution is -0.200. The molecule has 52 heavy (non-hydrogen) atoms. The molecule has 1 aromatic carbocycles. The number of aliphatic hydroxyl groups excluding tert-OH is 2. The van der Waals surface area contributed by atoms with Gasteiger partial charge in [-0.2, -0.15) is 0 Å². The molecular weight excluding hydrogens is 670 g/mol. The van der Waals surface area contributed by atoms with Crippen molar-refractivity contribution in [2.45, 2.75) is 89.8 Å². The number of carboxylic acid groups (broad SMARTS) is 2. The van der Waals surface area contributed by atoms with Crippen LogP contribution < -0.4 is 4.74 Å². The summed E-state index contributed by atoms with van der Waals surface area (Å²) in [6.45, 7) is 4.80. The highest BCUT2D eigenvalue weighted by molar-refractivity contribution is 6.01. The lowest BCUT2D eigenvalue weighted by Gasteiger charge is -2.59. The number of benzene rings is 1. The number of carbonyl (C=O) groups excluding carboxylic acids is 3. The Bertz CT molecular complexity index is 1870. The molecule has 8 atom stereocenters. The molecule has 4 aliphatic carbocycles. The van der Waals surface area contributed by atoms with E-state index in [1.165, 1.54) is 0 Å². The van der Waals surface area contributed by atoms with Gasteiger partial charge in [0.05, 0.1) is 24.9 Å². The molecule has 2 heterocycles. The molecule has 12 nitrogen and oxygen atoms in total. The van der Waals surface area contributed by atoms with Gasteiger partial charge >= 0.3 is 17.9 Å². The van der Waals surface area contributed by atoms with Crippen LogP contribution in [0.3, 0.4) is 0 Å². The van der Waals surface area contributed by atoms with E-state index in [9.17, 15) is 34.2 Å². The first kappa shape index (κ1) is 37.1. The molecule has 276 valence electrons. The number of carboxylic acids is 2. The molecule has 2 aromatic rings. The van der Waals surface area contributed by atoms with Gasteiger partial charge in [-0.25, -0.2) is 4.98 Å². The molecule has 1 aliphatic heterocycles. The van der Waals surface area contributed by atoms with E-state index in [4.69, 9.17) is 19.7 Å². The highest BCUT2D eigenvalue weighted by Crippen LogP contribution is 2.68. The minimum Gasteiger partial charge on any atom is -0.481 e. The molecule has 3 fully saturated rings. The standard InChI is InChI=1S/C25H32O8.C15H13NO3/c1-23-9-7-15(27)11-14(23)3-4-16-17-8-10-25(19(29)13-26,33-21(32)6-5-20(30)31)24(17,2)12-18(28)22(16)23;1-9(15(17)18)10-4-5-13-12(7-10)8-11-3-2-6-16-14(11)19-13/h7,9,11,16-18,22,26,28H,3-6,8,10,12-13H2,1-2H3,(H,30,31);2-7,9H,8H2,1H3,(H,17,18)/t16-,17-,18-,22+,23-,24-,25-;/m0./s1. The smallest absolute Gasteiger partial charge is 0.310 e. The number of aliphatic hydroxyl groups is 2. The summed E-state index contributed by atoms with van der Waals surface area (Å²) in [5.41, 5.74) is 0.904. The van der Waals surface area contributed by atoms with E-state index in [2.05, 4.69) is 11.9 Å². The second-order valence-corrected chi connectivity index (χ2v) is 15.2. The van der Waals surface area contributed by atoms with Crippen molar-refractivity contribution in [2.75, 3.05) is 6.61 Å². The average molecular weight is 716 g/mol. The van der Waals surface area contributed by atoms with Gasteiger partial charge < -0.3 is 29.9 Å². The van der Waals surface area contributed by atoms with Crippen LogP contribution in [0.5, 0.6) is 11.6 Å². The van der Waals surface area contributed by atoms with Gasteiger partial charge in [0.15, 0.2) is 11.4 Å². The molecule has 4 N–H and O–H groups in total. The minimum absolute atomic E-state index is 0.0296. The zero-order valence-electron chi connectivity index (χ0n) is 29.5. The molecule has 5 aliphatic rings. The van der Waals surface area contributed by atoms with Gasteiger partial charge in [-0.15, -0.1) is 0 Å². The highest BCUT2D eigenvalue weighted by atomic mass is 16.6. The fourth-order valence-corrected chi connectivity index (χ4v) is 9.79. The van der Waals surface area contributed by atoms with Crippen LogP contribution in [-0.2, 0) is 35.1 Å². The van der Waals surface area contributed by atoms with E-state index in [0.29, 0.717) is 18.7 Å². The van der Waals surface area contributed by atoms with Gasteiger partial charge in [-0.05, 0) is 86.3 Å². The number of hydrogen-bond donors (Lipinski definition) is 4. The van der Waals surface area contributed by atoms with Crippen molar-refractivity contribution < 1.29 is 53.9 Å². The molecule has 0 bridgehead atoms. The van der Waals surface area contributed by atoms with Crippen molar-refractivity contribution in [2.24, 2.45) is 28.6 Å². The first-order valence-corrected chi connectivity index (χ1v) is 17.8. The maximum atomic E-state index is 13.1. The summed E-state index contributed by atoms with van der Waals surface area (Å²) in [6.07, 6.45) is 8.49. The Morgan fingerprint density at radius 3 is 2.56 bits per heavy atom. The second-order valence-electron chi connectivity index (χ2n) is 15.2. The van der Waals surface area contributed by atoms with Crippen molar-refractivity contribution in [3.63, 3.8) is 0 Å². The van der Waals surface area contributed by atoms with Gasteiger partial charge in [0.25, 0.3) is 0 Å². The largest absolute Gasteiger partial charge is 0.481 e. The Hall–Kier alpha value is -4.68. The third-order valence-corrected chi connectivity index (χ3v) is 12.4. The number of allylic oxidation sites excluding steroid dienone is 4. The summed E-state index contributed by atoms with van der Waals surface area (Å²) in [5, 5.41) is 39.2. The topological polar surface area (TPSA) is 198 Å². The minimum atomic E-state index is -1.59. The Kier molecular flexibility index (Phi) is 10.0. The lowest BCUT2D eigenvalue weighted by Crippen LogP contribution is -2.63. The number of carbonyl (C=O) groups is 5. The number of ketones is 2. The van der Waals surface area contributed by atoms with Gasteiger partial charge in [0.1, 0.15) is 12.4 Å². The van der Waals surface area contributed by atoms with Crippen LogP contribution in [0.25, 0.3) is 0 Å². The van der Waals surface area contributed by atoms with Crippen LogP contribution in [0, 0.1) is 28.6 Å². The number of aliphatic carboxylic acids is 2. The summed E-state index contributed by atoms with van der Waals surface area (Å²) in [5.74, 6) is -2.64. The Morgan fingerprint density at radius 1 is 1.08 bits per heavy atom. The molecule has 0 amide bonds. The predicted molar refractivity (Wildman–Crippen MR) is 185 cm³/mol. The van der Waals surface area contributed by atoms with Crippen molar-refractivity contribution in [1.82, 2.24) is 4.98 Å². The number of aromatic nitrogens is 1. The zero-order valence-corrected chi connectivity index (χ0v) is 29.5. The van der Waals surface area contributed by atoms with Crippen LogP contribution in [-0.4, -0.2) is 73.2 Å². The molecule has 7 rings (SSSR count). The predicted octanol–water partition coefficient (Wildman–Crippen LogP) is 4.94. The second kappa shape index (κ2) is 14.0. The molecule has 0 saturated heterocycles. The van der Waals surface area contributed by atoms with Crippen LogP contribution in [0.15, 0.2) is 60.3 Å². The first-order valence-electron chi connectivity index (χ1n) is 17.8. The quantitative estimate of drug-likeness (QED) is 0.230. The number of ether oxygens (including phenoxy) is 2. The third kappa shape index (κ3) is 6.36. The fraction of sp³-hybridized carbons (Fsp3) is 0.500. The van der Waals surface area contributed by atoms with Crippen molar-refractivity contribution in [1.29, 1.82) is 0 Å². The summed E-state index contributed by atoms with van der Waals surface area (Å²) in [6, 6.07) is 9.37. The van der Waals surface area contributed by atoms with E-state index >= 15 is 0 Å². The van der Waals surface area contributed by atoms with E-state index in [0.717, 1.165) is 40.9 Å². The van der Waals surface area contributed by atoms with E-state index in [-0.39, 0.29) is 42.8 Å². The Balaban J connectivity index is 0.000000206. The van der Waals surface area contributed by atoms with Crippen molar-refractivity contribution >= 4 is 29.5 Å². The molecule has 12 heteroatoms. The van der Waals surface area contributed by atoms with E-state index < -0.39 is 65.2 Å². The number of nitrogens with zero attached hydrogens (tertiary/aromatic N) is 1. The number of esters is 1. The maximum absolute atomic E-state index is 13.1. The summed E-state index contributed by atoms with van der Waals surface area (Å²) in [7, 11) is 0. The van der Waals surface area contributed by atoms with E-state index in [1.54, 1.807) is 31.3 Å². The Morgan fingerprint density at radius 2 is 1.85 bits per heavy atom. The summed E-state index contributed by atoms with van der Waals surface area (Å²) >= 11 is 0. The molecule has 0 spiro atoms. The first-order chi connectivity index (χ1) is 24.6. The normalized spacial score (nSPS) is 31.4. The third-order valence-electron chi connectivity index (χ3n) is 12.4. The lowest BCUT2D eigenvalue weighted by atomic mass is 9.46. The van der Waals surface area contributed by atoms with Gasteiger partial charge in [0, 0.05) is 34.9 Å². The van der Waals surface area contributed by atoms with E-state index in [1.807, 2.05) is 37.3 Å². The van der Waals surface area contributed by atoms with Crippen molar-refractivity contribution in [3.8, 4) is 11.6 Å². The van der Waals surface area contributed by atoms with Gasteiger partial charge in [-0.1, -0.05) is 43.7 Å². The highest BCUT2D eigenvalue weighted by Gasteiger charge is 2.70. The van der Waals surface area contributed by atoms with Crippen LogP contribution in [0.4, 0.5) is 0 Å². The number of fused-ring (bicyclic) bond motifs is 7. The molecule has 1 unspecified atom stereocenters. The SMILES string of the molecule is CC(C(=O)O)c1ccc2c(c1)Cc1cccnc1O2.C[C@]12C=CC(=O)C=C1CC[C@@H]1[C@@H]2[C@@H](O)C[C@@]2(C)[C@H]1CC[C@]2(OC(=O)CCC(=O)O)C(=O)CO. The zero-order chi connectivity index (χ0) is 37.6. The number of pyridine rings is 1. The molecule has 1 aromatic heterocycles. The monoisotopic (exact) mass is 715 g/mol. The Labute approximate surface area is 301 Å². The summed E-state index contributed by atoms with van der Waals surface area (Å²) < 4.78 is 11.5.